The first-order chi connectivity index (χ1) is 6.16. The lowest BCUT2D eigenvalue weighted by Crippen LogP contribution is -2.31. The zero-order chi connectivity index (χ0) is 11.5. The summed E-state index contributed by atoms with van der Waals surface area (Å²) in [5, 5.41) is 0. The first kappa shape index (κ1) is 13.5. The first-order valence-electron chi connectivity index (χ1n) is 5.56. The molecule has 0 radical (unpaired) electrons. The molecule has 1 atom stereocenters. The van der Waals surface area contributed by atoms with Crippen molar-refractivity contribution in [3.63, 3.8) is 0 Å². The Morgan fingerprint density at radius 1 is 1.21 bits per heavy atom. The molecule has 0 aromatic carbocycles. The predicted molar refractivity (Wildman–Crippen MR) is 65.2 cm³/mol. The zero-order valence-electron chi connectivity index (χ0n) is 11.0. The van der Waals surface area contributed by atoms with E-state index in [2.05, 4.69) is 60.1 Å². The molecule has 1 unspecified atom stereocenters. The van der Waals surface area contributed by atoms with Crippen LogP contribution in [0.25, 0.3) is 0 Å². The Bertz CT molecular complexity index is 186. The normalized spacial score (nSPS) is 14.3. The molecule has 0 aliphatic heterocycles. The quantitative estimate of drug-likeness (QED) is 0.663. The minimum absolute atomic E-state index is 0.380. The molecule has 0 rings (SSSR count). The van der Waals surface area contributed by atoms with E-state index < -0.39 is 0 Å². The lowest BCUT2D eigenvalue weighted by atomic mass is 9.82. The summed E-state index contributed by atoms with van der Waals surface area (Å²) >= 11 is 0. The van der Waals surface area contributed by atoms with Crippen molar-refractivity contribution in [2.24, 2.45) is 17.3 Å². The molecule has 1 heteroatoms. The fourth-order valence-electron chi connectivity index (χ4n) is 1.24. The zero-order valence-corrected chi connectivity index (χ0v) is 11.0. The second kappa shape index (κ2) is 4.86. The van der Waals surface area contributed by atoms with E-state index in [1.165, 1.54) is 5.70 Å². The van der Waals surface area contributed by atoms with Crippen LogP contribution < -0.4 is 0 Å². The molecule has 0 spiro atoms. The van der Waals surface area contributed by atoms with Crippen molar-refractivity contribution in [1.82, 2.24) is 4.90 Å². The SMILES string of the molecule is C=C(C(C)C)N(C)CC(C)C(C)(C)C. The maximum atomic E-state index is 4.12. The Morgan fingerprint density at radius 2 is 1.64 bits per heavy atom. The molecule has 0 aromatic heterocycles. The summed E-state index contributed by atoms with van der Waals surface area (Å²) in [5.74, 6) is 1.23. The van der Waals surface area contributed by atoms with Crippen LogP contribution in [0.5, 0.6) is 0 Å². The van der Waals surface area contributed by atoms with Crippen molar-refractivity contribution in [3.8, 4) is 0 Å². The fraction of sp³-hybridized carbons (Fsp3) is 0.846. The van der Waals surface area contributed by atoms with Gasteiger partial charge in [0, 0.05) is 19.3 Å². The van der Waals surface area contributed by atoms with Crippen LogP contribution >= 0.6 is 0 Å². The summed E-state index contributed by atoms with van der Waals surface area (Å²) in [5.41, 5.74) is 1.62. The summed E-state index contributed by atoms with van der Waals surface area (Å²) in [7, 11) is 2.14. The van der Waals surface area contributed by atoms with Gasteiger partial charge in [-0.25, -0.2) is 0 Å². The van der Waals surface area contributed by atoms with Gasteiger partial charge in [0.2, 0.25) is 0 Å². The van der Waals surface area contributed by atoms with E-state index in [4.69, 9.17) is 0 Å². The maximum Gasteiger partial charge on any atom is 0.0202 e. The molecule has 84 valence electrons. The molecule has 0 aliphatic carbocycles. The van der Waals surface area contributed by atoms with E-state index >= 15 is 0 Å². The van der Waals surface area contributed by atoms with E-state index in [9.17, 15) is 0 Å². The largest absolute Gasteiger partial charge is 0.378 e. The third-order valence-corrected chi connectivity index (χ3v) is 3.18. The van der Waals surface area contributed by atoms with Crippen molar-refractivity contribution in [1.29, 1.82) is 0 Å². The predicted octanol–water partition coefficient (Wildman–Crippen LogP) is 3.77. The standard InChI is InChI=1S/C13H27N/c1-10(2)12(4)14(8)9-11(3)13(5,6)7/h10-11H,4,9H2,1-3,5-8H3. The Labute approximate surface area is 90.2 Å². The van der Waals surface area contributed by atoms with Crippen LogP contribution in [0.2, 0.25) is 0 Å². The molecule has 0 bridgehead atoms. The molecular weight excluding hydrogens is 170 g/mol. The van der Waals surface area contributed by atoms with Gasteiger partial charge in [0.15, 0.2) is 0 Å². The molecule has 0 N–H and O–H groups in total. The number of hydrogen-bond acceptors (Lipinski definition) is 1. The fourth-order valence-corrected chi connectivity index (χ4v) is 1.24. The minimum Gasteiger partial charge on any atom is -0.378 e. The lowest BCUT2D eigenvalue weighted by Gasteiger charge is -2.34. The second-order valence-electron chi connectivity index (χ2n) is 5.79. The average molecular weight is 197 g/mol. The topological polar surface area (TPSA) is 3.24 Å². The van der Waals surface area contributed by atoms with E-state index in [1.54, 1.807) is 0 Å². The third-order valence-electron chi connectivity index (χ3n) is 3.18. The van der Waals surface area contributed by atoms with Gasteiger partial charge in [-0.1, -0.05) is 48.1 Å². The van der Waals surface area contributed by atoms with Gasteiger partial charge in [0.05, 0.1) is 0 Å². The highest BCUT2D eigenvalue weighted by Gasteiger charge is 2.21. The van der Waals surface area contributed by atoms with Crippen molar-refractivity contribution < 1.29 is 0 Å². The molecule has 0 saturated heterocycles. The van der Waals surface area contributed by atoms with Crippen LogP contribution in [-0.4, -0.2) is 18.5 Å². The molecule has 14 heavy (non-hydrogen) atoms. The highest BCUT2D eigenvalue weighted by molar-refractivity contribution is 4.96. The molecular formula is C13H27N. The van der Waals surface area contributed by atoms with Crippen molar-refractivity contribution in [3.05, 3.63) is 12.3 Å². The molecule has 0 saturated carbocycles. The monoisotopic (exact) mass is 197 g/mol. The van der Waals surface area contributed by atoms with Gasteiger partial charge in [0.1, 0.15) is 0 Å². The van der Waals surface area contributed by atoms with Gasteiger partial charge in [-0.05, 0) is 17.3 Å². The van der Waals surface area contributed by atoms with Crippen molar-refractivity contribution in [2.45, 2.75) is 41.5 Å². The molecule has 0 aliphatic rings. The maximum absolute atomic E-state index is 4.12. The molecule has 0 aromatic rings. The van der Waals surface area contributed by atoms with Gasteiger partial charge >= 0.3 is 0 Å². The van der Waals surface area contributed by atoms with Gasteiger partial charge in [-0.3, -0.25) is 0 Å². The Kier molecular flexibility index (Phi) is 4.70. The number of allylic oxidation sites excluding steroid dienone is 1. The summed E-state index contributed by atoms with van der Waals surface area (Å²) in [4.78, 5) is 2.29. The molecule has 0 heterocycles. The van der Waals surface area contributed by atoms with Crippen LogP contribution in [-0.2, 0) is 0 Å². The van der Waals surface area contributed by atoms with Gasteiger partial charge < -0.3 is 4.90 Å². The highest BCUT2D eigenvalue weighted by atomic mass is 15.1. The third kappa shape index (κ3) is 4.17. The highest BCUT2D eigenvalue weighted by Crippen LogP contribution is 2.27. The van der Waals surface area contributed by atoms with Crippen LogP contribution in [0.1, 0.15) is 41.5 Å². The lowest BCUT2D eigenvalue weighted by molar-refractivity contribution is 0.198. The minimum atomic E-state index is 0.380. The van der Waals surface area contributed by atoms with Crippen LogP contribution in [0.3, 0.4) is 0 Å². The van der Waals surface area contributed by atoms with E-state index in [-0.39, 0.29) is 0 Å². The van der Waals surface area contributed by atoms with Crippen molar-refractivity contribution in [2.75, 3.05) is 13.6 Å². The van der Waals surface area contributed by atoms with Gasteiger partial charge in [0.25, 0.3) is 0 Å². The van der Waals surface area contributed by atoms with Gasteiger partial charge in [-0.15, -0.1) is 0 Å². The Morgan fingerprint density at radius 3 is 1.93 bits per heavy atom. The number of hydrogen-bond donors (Lipinski definition) is 0. The average Bonchev–Trinajstić information content (AvgIpc) is 2.00. The van der Waals surface area contributed by atoms with Crippen LogP contribution in [0.15, 0.2) is 12.3 Å². The van der Waals surface area contributed by atoms with E-state index in [0.717, 1.165) is 6.54 Å². The number of nitrogens with zero attached hydrogens (tertiary/aromatic N) is 1. The summed E-state index contributed by atoms with van der Waals surface area (Å²) in [6.07, 6.45) is 0. The summed E-state index contributed by atoms with van der Waals surface area (Å²) in [6.45, 7) is 18.8. The first-order valence-corrected chi connectivity index (χ1v) is 5.56. The summed E-state index contributed by atoms with van der Waals surface area (Å²) in [6, 6.07) is 0. The Balaban J connectivity index is 4.20. The van der Waals surface area contributed by atoms with Crippen LogP contribution in [0.4, 0.5) is 0 Å². The second-order valence-corrected chi connectivity index (χ2v) is 5.79. The number of rotatable bonds is 4. The molecule has 1 nitrogen and oxygen atoms in total. The van der Waals surface area contributed by atoms with E-state index in [0.29, 0.717) is 17.3 Å². The van der Waals surface area contributed by atoms with Crippen LogP contribution in [0, 0.1) is 17.3 Å². The van der Waals surface area contributed by atoms with Gasteiger partial charge in [-0.2, -0.15) is 0 Å². The molecule has 0 amide bonds. The molecule has 0 fully saturated rings. The Hall–Kier alpha value is -0.460. The smallest absolute Gasteiger partial charge is 0.0202 e. The summed E-state index contributed by atoms with van der Waals surface area (Å²) < 4.78 is 0. The van der Waals surface area contributed by atoms with Crippen molar-refractivity contribution >= 4 is 0 Å². The van der Waals surface area contributed by atoms with E-state index in [1.807, 2.05) is 0 Å².